The Hall–Kier alpha value is -2.19. The van der Waals surface area contributed by atoms with Crippen molar-refractivity contribution in [2.45, 2.75) is 31.1 Å². The van der Waals surface area contributed by atoms with E-state index in [9.17, 15) is 17.6 Å². The van der Waals surface area contributed by atoms with Crippen LogP contribution in [0.4, 0.5) is 4.39 Å². The third-order valence-electron chi connectivity index (χ3n) is 5.39. The highest BCUT2D eigenvalue weighted by atomic mass is 32.2. The number of aliphatic imine (C=N–C) groups is 1. The molecule has 2 aromatic rings. The van der Waals surface area contributed by atoms with E-state index in [4.69, 9.17) is 0 Å². The summed E-state index contributed by atoms with van der Waals surface area (Å²) in [5, 5.41) is 0.494. The molecule has 2 aliphatic rings. The number of carbonyl (C=O) groups is 1. The molecule has 0 spiro atoms. The lowest BCUT2D eigenvalue weighted by atomic mass is 10.1. The second-order valence-electron chi connectivity index (χ2n) is 7.82. The molecular weight excluding hydrogens is 423 g/mol. The number of thioether (sulfide) groups is 1. The Morgan fingerprint density at radius 2 is 1.93 bits per heavy atom. The monoisotopic (exact) mass is 446 g/mol. The fraction of sp³-hybridized carbons (Fsp3) is 0.364. The van der Waals surface area contributed by atoms with E-state index in [0.717, 1.165) is 16.7 Å². The summed E-state index contributed by atoms with van der Waals surface area (Å²) < 4.78 is 37.4. The van der Waals surface area contributed by atoms with Crippen LogP contribution < -0.4 is 0 Å². The van der Waals surface area contributed by atoms with Gasteiger partial charge in [-0.25, -0.2) is 12.8 Å². The maximum atomic E-state index is 13.2. The Morgan fingerprint density at radius 1 is 1.17 bits per heavy atom. The van der Waals surface area contributed by atoms with Crippen molar-refractivity contribution in [3.05, 3.63) is 71.0 Å². The predicted octanol–water partition coefficient (Wildman–Crippen LogP) is 3.02. The number of benzene rings is 2. The fourth-order valence-corrected chi connectivity index (χ4v) is 7.94. The summed E-state index contributed by atoms with van der Waals surface area (Å²) in [5.74, 6) is -0.334. The summed E-state index contributed by atoms with van der Waals surface area (Å²) in [6.45, 7) is 2.51. The van der Waals surface area contributed by atoms with Crippen LogP contribution in [0.1, 0.15) is 16.7 Å². The van der Waals surface area contributed by atoms with Crippen molar-refractivity contribution in [3.8, 4) is 0 Å². The number of halogens is 1. The highest BCUT2D eigenvalue weighted by molar-refractivity contribution is 8.15. The van der Waals surface area contributed by atoms with Crippen LogP contribution in [-0.2, 0) is 27.5 Å². The molecule has 2 heterocycles. The number of carbonyl (C=O) groups excluding carboxylic acids is 1. The minimum atomic E-state index is -3.08. The van der Waals surface area contributed by atoms with Crippen LogP contribution >= 0.6 is 11.8 Å². The van der Waals surface area contributed by atoms with Crippen molar-refractivity contribution in [3.63, 3.8) is 0 Å². The van der Waals surface area contributed by atoms with Crippen molar-refractivity contribution in [1.29, 1.82) is 0 Å². The molecular formula is C22H23FN2O3S2. The topological polar surface area (TPSA) is 66.8 Å². The highest BCUT2D eigenvalue weighted by Gasteiger charge is 2.48. The van der Waals surface area contributed by atoms with E-state index in [2.05, 4.69) is 4.99 Å². The van der Waals surface area contributed by atoms with Gasteiger partial charge in [0.2, 0.25) is 0 Å². The number of hydrogen-bond acceptors (Lipinski definition) is 4. The summed E-state index contributed by atoms with van der Waals surface area (Å²) in [6, 6.07) is 13.9. The number of rotatable bonds is 5. The van der Waals surface area contributed by atoms with Crippen LogP contribution in [0.2, 0.25) is 0 Å². The molecule has 2 aromatic carbocycles. The molecule has 8 heteroatoms. The lowest BCUT2D eigenvalue weighted by Gasteiger charge is -2.24. The van der Waals surface area contributed by atoms with E-state index < -0.39 is 9.84 Å². The van der Waals surface area contributed by atoms with E-state index in [1.165, 1.54) is 23.9 Å². The molecule has 158 valence electrons. The number of amides is 1. The van der Waals surface area contributed by atoms with Gasteiger partial charge in [-0.2, -0.15) is 4.99 Å². The molecule has 0 saturated carbocycles. The Kier molecular flexibility index (Phi) is 5.97. The van der Waals surface area contributed by atoms with E-state index in [0.29, 0.717) is 18.1 Å². The van der Waals surface area contributed by atoms with Crippen LogP contribution in [0.5, 0.6) is 0 Å². The largest absolute Gasteiger partial charge is 0.346 e. The van der Waals surface area contributed by atoms with E-state index in [-0.39, 0.29) is 40.9 Å². The lowest BCUT2D eigenvalue weighted by Crippen LogP contribution is -2.39. The minimum absolute atomic E-state index is 0.0825. The maximum Gasteiger partial charge on any atom is 0.252 e. The van der Waals surface area contributed by atoms with Crippen molar-refractivity contribution in [2.75, 3.05) is 18.1 Å². The first-order valence-electron chi connectivity index (χ1n) is 9.84. The van der Waals surface area contributed by atoms with Crippen LogP contribution in [-0.4, -0.2) is 53.7 Å². The van der Waals surface area contributed by atoms with Gasteiger partial charge in [-0.05, 0) is 36.6 Å². The molecule has 5 nitrogen and oxygen atoms in total. The van der Waals surface area contributed by atoms with Gasteiger partial charge < -0.3 is 4.90 Å². The summed E-state index contributed by atoms with van der Waals surface area (Å²) in [4.78, 5) is 18.9. The summed E-state index contributed by atoms with van der Waals surface area (Å²) in [5.41, 5.74) is 2.95. The predicted molar refractivity (Wildman–Crippen MR) is 118 cm³/mol. The fourth-order valence-electron chi connectivity index (χ4n) is 3.94. The van der Waals surface area contributed by atoms with Gasteiger partial charge in [0.15, 0.2) is 15.0 Å². The minimum Gasteiger partial charge on any atom is -0.346 e. The van der Waals surface area contributed by atoms with Crippen molar-refractivity contribution in [2.24, 2.45) is 4.99 Å². The molecule has 2 atom stereocenters. The second kappa shape index (κ2) is 8.51. The van der Waals surface area contributed by atoms with Crippen LogP contribution in [0.25, 0.3) is 0 Å². The third-order valence-corrected chi connectivity index (χ3v) is 8.64. The number of amidine groups is 1. The lowest BCUT2D eigenvalue weighted by molar-refractivity contribution is -0.117. The zero-order valence-electron chi connectivity index (χ0n) is 16.6. The quantitative estimate of drug-likeness (QED) is 0.706. The molecule has 0 bridgehead atoms. The van der Waals surface area contributed by atoms with Gasteiger partial charge in [-0.3, -0.25) is 4.79 Å². The van der Waals surface area contributed by atoms with Gasteiger partial charge in [-0.1, -0.05) is 53.7 Å². The number of aryl methyl sites for hydroxylation is 1. The standard InChI is InChI=1S/C22H23FN2O3S2/c1-15-3-2-4-17(11-15)12-21(26)24-22-25(10-9-16-5-7-18(23)8-6-16)19-13-30(27,28)14-20(19)29-22/h2-8,11,19-20H,9-10,12-14H2,1H3/t19-,20-/m1/s1. The first-order valence-corrected chi connectivity index (χ1v) is 12.5. The normalized spacial score (nSPS) is 23.7. The van der Waals surface area contributed by atoms with Crippen molar-refractivity contribution in [1.82, 2.24) is 4.90 Å². The van der Waals surface area contributed by atoms with Gasteiger partial charge in [0.1, 0.15) is 5.82 Å². The van der Waals surface area contributed by atoms with Gasteiger partial charge in [-0.15, -0.1) is 0 Å². The summed E-state index contributed by atoms with van der Waals surface area (Å²) in [6.07, 6.45) is 0.834. The van der Waals surface area contributed by atoms with E-state index in [1.807, 2.05) is 36.1 Å². The molecule has 0 N–H and O–H groups in total. The van der Waals surface area contributed by atoms with E-state index in [1.54, 1.807) is 12.1 Å². The van der Waals surface area contributed by atoms with Crippen LogP contribution in [0.3, 0.4) is 0 Å². The Labute approximate surface area is 180 Å². The zero-order valence-corrected chi connectivity index (χ0v) is 18.3. The number of sulfone groups is 1. The van der Waals surface area contributed by atoms with Crippen LogP contribution in [0, 0.1) is 12.7 Å². The molecule has 2 saturated heterocycles. The summed E-state index contributed by atoms with van der Waals surface area (Å²) in [7, 11) is -3.08. The van der Waals surface area contributed by atoms with Crippen LogP contribution in [0.15, 0.2) is 53.5 Å². The Balaban J connectivity index is 1.51. The van der Waals surface area contributed by atoms with Crippen molar-refractivity contribution < 1.29 is 17.6 Å². The highest BCUT2D eigenvalue weighted by Crippen LogP contribution is 2.38. The zero-order chi connectivity index (χ0) is 21.3. The first kappa shape index (κ1) is 21.1. The Bertz CT molecular complexity index is 1080. The number of nitrogens with zero attached hydrogens (tertiary/aromatic N) is 2. The maximum absolute atomic E-state index is 13.2. The molecule has 0 aliphatic carbocycles. The SMILES string of the molecule is Cc1cccc(CC(=O)N=C2S[C@@H]3CS(=O)(=O)C[C@H]3N2CCc2ccc(F)cc2)c1. The molecule has 0 radical (unpaired) electrons. The van der Waals surface area contributed by atoms with Gasteiger partial charge in [0.05, 0.1) is 24.0 Å². The Morgan fingerprint density at radius 3 is 2.67 bits per heavy atom. The van der Waals surface area contributed by atoms with Gasteiger partial charge in [0, 0.05) is 11.8 Å². The summed E-state index contributed by atoms with van der Waals surface area (Å²) >= 11 is 1.39. The van der Waals surface area contributed by atoms with Gasteiger partial charge in [0.25, 0.3) is 5.91 Å². The number of hydrogen-bond donors (Lipinski definition) is 0. The molecule has 0 aromatic heterocycles. The van der Waals surface area contributed by atoms with E-state index >= 15 is 0 Å². The molecule has 4 rings (SSSR count). The third kappa shape index (κ3) is 4.92. The first-order chi connectivity index (χ1) is 14.3. The molecule has 1 amide bonds. The molecule has 2 aliphatic heterocycles. The van der Waals surface area contributed by atoms with Gasteiger partial charge >= 0.3 is 0 Å². The van der Waals surface area contributed by atoms with Crippen molar-refractivity contribution >= 4 is 32.7 Å². The average molecular weight is 447 g/mol. The molecule has 30 heavy (non-hydrogen) atoms. The molecule has 2 fully saturated rings. The number of fused-ring (bicyclic) bond motifs is 1. The average Bonchev–Trinajstić information content (AvgIpc) is 3.12. The molecule has 0 unspecified atom stereocenters. The smallest absolute Gasteiger partial charge is 0.252 e. The second-order valence-corrected chi connectivity index (χ2v) is 11.2.